The zero-order chi connectivity index (χ0) is 20.1. The maximum Gasteiger partial charge on any atom is 0.256 e. The Bertz CT molecular complexity index is 675. The molecule has 0 radical (unpaired) electrons. The largest absolute Gasteiger partial charge is 0.371 e. The lowest BCUT2D eigenvalue weighted by atomic mass is 10.0. The first-order valence-corrected chi connectivity index (χ1v) is 10.5. The Morgan fingerprint density at radius 2 is 1.68 bits per heavy atom. The Morgan fingerprint density at radius 3 is 2.32 bits per heavy atom. The van der Waals surface area contributed by atoms with Gasteiger partial charge in [-0.1, -0.05) is 26.0 Å². The van der Waals surface area contributed by atoms with E-state index in [-0.39, 0.29) is 17.9 Å². The third-order valence-corrected chi connectivity index (χ3v) is 5.72. The highest BCUT2D eigenvalue weighted by molar-refractivity contribution is 6.00. The molecule has 154 valence electrons. The molecule has 0 spiro atoms. The maximum atomic E-state index is 13.1. The van der Waals surface area contributed by atoms with Crippen molar-refractivity contribution in [2.75, 3.05) is 51.2 Å². The number of benzene rings is 1. The zero-order valence-corrected chi connectivity index (χ0v) is 17.5. The van der Waals surface area contributed by atoms with E-state index in [9.17, 15) is 9.59 Å². The van der Waals surface area contributed by atoms with Crippen LogP contribution in [0.3, 0.4) is 0 Å². The van der Waals surface area contributed by atoms with Gasteiger partial charge in [0, 0.05) is 57.4 Å². The van der Waals surface area contributed by atoms with Crippen LogP contribution >= 0.6 is 0 Å². The van der Waals surface area contributed by atoms with Crippen LogP contribution in [0.2, 0.25) is 0 Å². The van der Waals surface area contributed by atoms with Gasteiger partial charge in [0.05, 0.1) is 5.56 Å². The molecule has 2 saturated heterocycles. The molecule has 6 heteroatoms. The quantitative estimate of drug-likeness (QED) is 0.843. The Balaban J connectivity index is 1.61. The van der Waals surface area contributed by atoms with Crippen molar-refractivity contribution in [3.05, 3.63) is 29.8 Å². The highest BCUT2D eigenvalue weighted by Crippen LogP contribution is 2.26. The summed E-state index contributed by atoms with van der Waals surface area (Å²) in [5, 5.41) is 3.17. The number of anilines is 1. The second-order valence-electron chi connectivity index (χ2n) is 8.54. The minimum Gasteiger partial charge on any atom is -0.371 e. The molecule has 3 rings (SSSR count). The number of carbonyl (C=O) groups excluding carboxylic acids is 2. The van der Waals surface area contributed by atoms with E-state index in [2.05, 4.69) is 42.1 Å². The molecule has 1 aromatic rings. The van der Waals surface area contributed by atoms with E-state index in [1.165, 1.54) is 0 Å². The lowest BCUT2D eigenvalue weighted by molar-refractivity contribution is -0.122. The molecule has 2 amide bonds. The Kier molecular flexibility index (Phi) is 6.94. The third-order valence-electron chi connectivity index (χ3n) is 5.72. The minimum absolute atomic E-state index is 0.135. The van der Waals surface area contributed by atoms with Crippen molar-refractivity contribution in [2.45, 2.75) is 39.2 Å². The summed E-state index contributed by atoms with van der Waals surface area (Å²) < 4.78 is 0. The molecule has 1 aromatic carbocycles. The summed E-state index contributed by atoms with van der Waals surface area (Å²) in [7, 11) is 2.10. The lowest BCUT2D eigenvalue weighted by Crippen LogP contribution is -2.48. The van der Waals surface area contributed by atoms with E-state index in [0.717, 1.165) is 63.4 Å². The highest BCUT2D eigenvalue weighted by Gasteiger charge is 2.26. The molecule has 1 N–H and O–H groups in total. The molecule has 6 nitrogen and oxygen atoms in total. The number of likely N-dealkylation sites (N-methyl/N-ethyl adjacent to an activating group) is 1. The topological polar surface area (TPSA) is 55.9 Å². The van der Waals surface area contributed by atoms with Gasteiger partial charge in [-0.15, -0.1) is 0 Å². The van der Waals surface area contributed by atoms with Crippen molar-refractivity contribution >= 4 is 17.5 Å². The number of para-hydroxylation sites is 1. The Labute approximate surface area is 168 Å². The van der Waals surface area contributed by atoms with Gasteiger partial charge in [0.15, 0.2) is 0 Å². The van der Waals surface area contributed by atoms with E-state index >= 15 is 0 Å². The Hall–Kier alpha value is -2.08. The predicted octanol–water partition coefficient (Wildman–Crippen LogP) is 2.21. The number of rotatable bonds is 5. The molecular weight excluding hydrogens is 352 g/mol. The average molecular weight is 387 g/mol. The van der Waals surface area contributed by atoms with Crippen LogP contribution in [0.5, 0.6) is 0 Å². The first-order chi connectivity index (χ1) is 13.4. The molecule has 2 fully saturated rings. The van der Waals surface area contributed by atoms with Crippen molar-refractivity contribution in [2.24, 2.45) is 5.92 Å². The van der Waals surface area contributed by atoms with Gasteiger partial charge in [-0.3, -0.25) is 9.59 Å². The van der Waals surface area contributed by atoms with Crippen molar-refractivity contribution < 1.29 is 9.59 Å². The molecule has 0 aromatic heterocycles. The van der Waals surface area contributed by atoms with Crippen LogP contribution in [0.1, 0.15) is 43.5 Å². The smallest absolute Gasteiger partial charge is 0.256 e. The number of nitrogens with zero attached hydrogens (tertiary/aromatic N) is 3. The maximum absolute atomic E-state index is 13.1. The summed E-state index contributed by atoms with van der Waals surface area (Å²) in [6, 6.07) is 8.20. The fourth-order valence-corrected chi connectivity index (χ4v) is 4.03. The van der Waals surface area contributed by atoms with E-state index < -0.39 is 0 Å². The van der Waals surface area contributed by atoms with Gasteiger partial charge in [-0.25, -0.2) is 0 Å². The average Bonchev–Trinajstić information content (AvgIpc) is 2.68. The number of amides is 2. The number of carbonyl (C=O) groups is 2. The molecule has 0 bridgehead atoms. The normalized spacial score (nSPS) is 19.1. The van der Waals surface area contributed by atoms with Crippen LogP contribution in [-0.2, 0) is 4.79 Å². The van der Waals surface area contributed by atoms with Gasteiger partial charge < -0.3 is 20.0 Å². The number of piperazine rings is 1. The standard InChI is InChI=1S/C22H34N4O2/c1-17(2)16-21(27)23-18-8-10-25(11-9-18)20-7-5-4-6-19(20)22(28)26-14-12-24(3)13-15-26/h4-7,17-18H,8-16H2,1-3H3,(H,23,27). The molecule has 2 heterocycles. The van der Waals surface area contributed by atoms with Crippen LogP contribution < -0.4 is 10.2 Å². The van der Waals surface area contributed by atoms with Crippen molar-refractivity contribution in [3.8, 4) is 0 Å². The summed E-state index contributed by atoms with van der Waals surface area (Å²) in [6.45, 7) is 9.28. The van der Waals surface area contributed by atoms with Crippen LogP contribution in [0.4, 0.5) is 5.69 Å². The second-order valence-corrected chi connectivity index (χ2v) is 8.54. The zero-order valence-electron chi connectivity index (χ0n) is 17.5. The predicted molar refractivity (Wildman–Crippen MR) is 113 cm³/mol. The number of piperidine rings is 1. The lowest BCUT2D eigenvalue weighted by Gasteiger charge is -2.36. The monoisotopic (exact) mass is 386 g/mol. The fraction of sp³-hybridized carbons (Fsp3) is 0.636. The van der Waals surface area contributed by atoms with Gasteiger partial charge in [-0.2, -0.15) is 0 Å². The number of nitrogens with one attached hydrogen (secondary N) is 1. The summed E-state index contributed by atoms with van der Waals surface area (Å²) in [6.07, 6.45) is 2.42. The molecule has 0 unspecified atom stereocenters. The second kappa shape index (κ2) is 9.41. The van der Waals surface area contributed by atoms with Gasteiger partial charge in [0.1, 0.15) is 0 Å². The van der Waals surface area contributed by atoms with Gasteiger partial charge >= 0.3 is 0 Å². The van der Waals surface area contributed by atoms with E-state index in [4.69, 9.17) is 0 Å². The van der Waals surface area contributed by atoms with E-state index in [1.807, 2.05) is 23.1 Å². The van der Waals surface area contributed by atoms with E-state index in [0.29, 0.717) is 12.3 Å². The molecule has 0 saturated carbocycles. The molecular formula is C22H34N4O2. The molecule has 2 aliphatic rings. The van der Waals surface area contributed by atoms with Crippen LogP contribution in [-0.4, -0.2) is 74.0 Å². The summed E-state index contributed by atoms with van der Waals surface area (Å²) >= 11 is 0. The molecule has 0 atom stereocenters. The minimum atomic E-state index is 0.135. The molecule has 2 aliphatic heterocycles. The molecule has 0 aliphatic carbocycles. The van der Waals surface area contributed by atoms with Crippen LogP contribution in [0.25, 0.3) is 0 Å². The first kappa shape index (κ1) is 20.6. The third kappa shape index (κ3) is 5.25. The first-order valence-electron chi connectivity index (χ1n) is 10.5. The highest BCUT2D eigenvalue weighted by atomic mass is 16.2. The summed E-state index contributed by atoms with van der Waals surface area (Å²) in [5.41, 5.74) is 1.83. The van der Waals surface area contributed by atoms with Crippen molar-refractivity contribution in [1.29, 1.82) is 0 Å². The molecule has 28 heavy (non-hydrogen) atoms. The van der Waals surface area contributed by atoms with Gasteiger partial charge in [-0.05, 0) is 37.9 Å². The van der Waals surface area contributed by atoms with Crippen molar-refractivity contribution in [3.63, 3.8) is 0 Å². The van der Waals surface area contributed by atoms with Crippen LogP contribution in [0, 0.1) is 5.92 Å². The Morgan fingerprint density at radius 1 is 1.04 bits per heavy atom. The fourth-order valence-electron chi connectivity index (χ4n) is 4.03. The van der Waals surface area contributed by atoms with Gasteiger partial charge in [0.2, 0.25) is 5.91 Å². The SMILES string of the molecule is CC(C)CC(=O)NC1CCN(c2ccccc2C(=O)N2CCN(C)CC2)CC1. The summed E-state index contributed by atoms with van der Waals surface area (Å²) in [5.74, 6) is 0.669. The number of hydrogen-bond donors (Lipinski definition) is 1. The van der Waals surface area contributed by atoms with E-state index in [1.54, 1.807) is 0 Å². The van der Waals surface area contributed by atoms with Crippen LogP contribution in [0.15, 0.2) is 24.3 Å². The van der Waals surface area contributed by atoms with Crippen molar-refractivity contribution in [1.82, 2.24) is 15.1 Å². The number of hydrogen-bond acceptors (Lipinski definition) is 4. The van der Waals surface area contributed by atoms with Gasteiger partial charge in [0.25, 0.3) is 5.91 Å². The summed E-state index contributed by atoms with van der Waals surface area (Å²) in [4.78, 5) is 31.7.